The molecule has 4 heteroatoms. The molecule has 4 nitrogen and oxygen atoms in total. The molecule has 1 aliphatic carbocycles. The molecule has 0 aromatic carbocycles. The molecule has 1 saturated carbocycles. The molecule has 2 heterocycles. The molecule has 17 heavy (non-hydrogen) atoms. The highest BCUT2D eigenvalue weighted by atomic mass is 16.5. The van der Waals surface area contributed by atoms with Gasteiger partial charge in [0.1, 0.15) is 0 Å². The van der Waals surface area contributed by atoms with Crippen LogP contribution in [0.1, 0.15) is 39.5 Å². The third-order valence-corrected chi connectivity index (χ3v) is 3.60. The van der Waals surface area contributed by atoms with Gasteiger partial charge in [-0.05, 0) is 25.7 Å². The van der Waals surface area contributed by atoms with E-state index in [2.05, 4.69) is 0 Å². The van der Waals surface area contributed by atoms with E-state index in [0.717, 1.165) is 25.7 Å². The van der Waals surface area contributed by atoms with Crippen LogP contribution < -0.4 is 0 Å². The van der Waals surface area contributed by atoms with Crippen molar-refractivity contribution in [3.63, 3.8) is 0 Å². The Hall–Kier alpha value is -1.06. The lowest BCUT2D eigenvalue weighted by atomic mass is 9.82. The summed E-state index contributed by atoms with van der Waals surface area (Å²) in [7, 11) is 0. The van der Waals surface area contributed by atoms with E-state index in [0.29, 0.717) is 13.2 Å². The van der Waals surface area contributed by atoms with Crippen molar-refractivity contribution in [1.29, 1.82) is 0 Å². The summed E-state index contributed by atoms with van der Waals surface area (Å²) in [4.78, 5) is 23.6. The van der Waals surface area contributed by atoms with Crippen molar-refractivity contribution in [2.75, 3.05) is 13.2 Å². The van der Waals surface area contributed by atoms with E-state index in [-0.39, 0.29) is 29.2 Å². The SMILES string of the molecule is CC1(C)COC(=O)C2CCC(CC2)C(=O)OC1. The summed E-state index contributed by atoms with van der Waals surface area (Å²) in [5, 5.41) is 0. The minimum absolute atomic E-state index is 0.0204. The first-order valence-corrected chi connectivity index (χ1v) is 6.31. The van der Waals surface area contributed by atoms with Crippen molar-refractivity contribution >= 4 is 11.9 Å². The second-order valence-electron chi connectivity index (χ2n) is 5.93. The predicted molar refractivity (Wildman–Crippen MR) is 61.1 cm³/mol. The summed E-state index contributed by atoms with van der Waals surface area (Å²) >= 11 is 0. The number of esters is 2. The molecule has 0 aromatic rings. The third-order valence-electron chi connectivity index (χ3n) is 3.60. The Morgan fingerprint density at radius 2 is 1.24 bits per heavy atom. The van der Waals surface area contributed by atoms with Crippen molar-refractivity contribution in [1.82, 2.24) is 0 Å². The van der Waals surface area contributed by atoms with Gasteiger partial charge < -0.3 is 9.47 Å². The van der Waals surface area contributed by atoms with Gasteiger partial charge in [-0.15, -0.1) is 0 Å². The molecule has 2 aliphatic heterocycles. The van der Waals surface area contributed by atoms with Gasteiger partial charge in [-0.25, -0.2) is 0 Å². The fourth-order valence-electron chi connectivity index (χ4n) is 2.38. The number of rotatable bonds is 0. The quantitative estimate of drug-likeness (QED) is 0.607. The standard InChI is InChI=1S/C13H20O4/c1-13(2)7-16-11(14)9-3-4-10(6-5-9)12(15)17-8-13/h9-10H,3-8H2,1-2H3. The lowest BCUT2D eigenvalue weighted by Crippen LogP contribution is -2.29. The van der Waals surface area contributed by atoms with Crippen LogP contribution >= 0.6 is 0 Å². The molecule has 0 unspecified atom stereocenters. The molecule has 0 amide bonds. The number of carbonyl (C=O) groups excluding carboxylic acids is 2. The second-order valence-corrected chi connectivity index (χ2v) is 5.93. The van der Waals surface area contributed by atoms with E-state index < -0.39 is 0 Å². The van der Waals surface area contributed by atoms with Gasteiger partial charge >= 0.3 is 11.9 Å². The van der Waals surface area contributed by atoms with Gasteiger partial charge in [0.05, 0.1) is 25.0 Å². The molecule has 2 saturated heterocycles. The van der Waals surface area contributed by atoms with Crippen LogP contribution in [-0.4, -0.2) is 25.2 Å². The zero-order chi connectivity index (χ0) is 12.5. The molecule has 0 N–H and O–H groups in total. The molecular formula is C13H20O4. The third kappa shape index (κ3) is 2.99. The Morgan fingerprint density at radius 3 is 1.59 bits per heavy atom. The maximum Gasteiger partial charge on any atom is 0.308 e. The van der Waals surface area contributed by atoms with Crippen molar-refractivity contribution in [2.45, 2.75) is 39.5 Å². The summed E-state index contributed by atoms with van der Waals surface area (Å²) in [5.41, 5.74) is -0.297. The number of carbonyl (C=O) groups is 2. The minimum atomic E-state index is -0.297. The number of ether oxygens (including phenoxy) is 2. The molecule has 0 aromatic heterocycles. The second kappa shape index (κ2) is 4.67. The number of hydrogen-bond acceptors (Lipinski definition) is 4. The topological polar surface area (TPSA) is 52.6 Å². The van der Waals surface area contributed by atoms with E-state index in [4.69, 9.17) is 9.47 Å². The minimum Gasteiger partial charge on any atom is -0.465 e. The monoisotopic (exact) mass is 240 g/mol. The van der Waals surface area contributed by atoms with E-state index in [1.807, 2.05) is 13.8 Å². The van der Waals surface area contributed by atoms with E-state index >= 15 is 0 Å². The molecule has 0 spiro atoms. The molecule has 3 fully saturated rings. The van der Waals surface area contributed by atoms with Gasteiger partial charge in [0.15, 0.2) is 0 Å². The van der Waals surface area contributed by atoms with Crippen LogP contribution in [0, 0.1) is 17.3 Å². The molecule has 3 rings (SSSR count). The van der Waals surface area contributed by atoms with Crippen molar-refractivity contribution < 1.29 is 19.1 Å². The zero-order valence-corrected chi connectivity index (χ0v) is 10.5. The summed E-state index contributed by atoms with van der Waals surface area (Å²) in [6.07, 6.45) is 3.00. The smallest absolute Gasteiger partial charge is 0.308 e. The fourth-order valence-corrected chi connectivity index (χ4v) is 2.38. The summed E-state index contributed by atoms with van der Waals surface area (Å²) < 4.78 is 10.6. The van der Waals surface area contributed by atoms with Gasteiger partial charge in [0.2, 0.25) is 0 Å². The molecule has 96 valence electrons. The molecule has 3 aliphatic rings. The van der Waals surface area contributed by atoms with Gasteiger partial charge in [-0.3, -0.25) is 9.59 Å². The van der Waals surface area contributed by atoms with Crippen LogP contribution in [0.2, 0.25) is 0 Å². The van der Waals surface area contributed by atoms with Gasteiger partial charge in [-0.1, -0.05) is 13.8 Å². The Labute approximate surface area is 102 Å². The summed E-state index contributed by atoms with van der Waals surface area (Å²) in [6.45, 7) is 4.52. The molecular weight excluding hydrogens is 220 g/mol. The maximum absolute atomic E-state index is 11.8. The highest BCUT2D eigenvalue weighted by Gasteiger charge is 2.34. The van der Waals surface area contributed by atoms with Crippen molar-refractivity contribution in [3.8, 4) is 0 Å². The van der Waals surface area contributed by atoms with Crippen LogP contribution in [0.4, 0.5) is 0 Å². The van der Waals surface area contributed by atoms with Crippen LogP contribution in [0.15, 0.2) is 0 Å². The van der Waals surface area contributed by atoms with E-state index in [9.17, 15) is 9.59 Å². The largest absolute Gasteiger partial charge is 0.465 e. The molecule has 2 bridgehead atoms. The van der Waals surface area contributed by atoms with Crippen LogP contribution in [-0.2, 0) is 19.1 Å². The van der Waals surface area contributed by atoms with Crippen LogP contribution in [0.25, 0.3) is 0 Å². The lowest BCUT2D eigenvalue weighted by Gasteiger charge is -2.24. The highest BCUT2D eigenvalue weighted by molar-refractivity contribution is 5.75. The molecule has 0 atom stereocenters. The Balaban J connectivity index is 2.11. The average molecular weight is 240 g/mol. The van der Waals surface area contributed by atoms with E-state index in [1.54, 1.807) is 0 Å². The first-order chi connectivity index (χ1) is 7.98. The summed E-state index contributed by atoms with van der Waals surface area (Å²) in [6, 6.07) is 0. The predicted octanol–water partition coefficient (Wildman–Crippen LogP) is 1.92. The first-order valence-electron chi connectivity index (χ1n) is 6.31. The number of hydrogen-bond donors (Lipinski definition) is 0. The zero-order valence-electron chi connectivity index (χ0n) is 10.5. The van der Waals surface area contributed by atoms with Crippen LogP contribution in [0.5, 0.6) is 0 Å². The van der Waals surface area contributed by atoms with Crippen molar-refractivity contribution in [3.05, 3.63) is 0 Å². The van der Waals surface area contributed by atoms with E-state index in [1.165, 1.54) is 0 Å². The highest BCUT2D eigenvalue weighted by Crippen LogP contribution is 2.32. The lowest BCUT2D eigenvalue weighted by molar-refractivity contribution is -0.154. The van der Waals surface area contributed by atoms with Crippen LogP contribution in [0.3, 0.4) is 0 Å². The summed E-state index contributed by atoms with van der Waals surface area (Å²) in [5.74, 6) is -0.252. The Morgan fingerprint density at radius 1 is 0.882 bits per heavy atom. The van der Waals surface area contributed by atoms with Gasteiger partial charge in [-0.2, -0.15) is 0 Å². The number of fused-ring (bicyclic) bond motifs is 8. The first kappa shape index (κ1) is 12.4. The van der Waals surface area contributed by atoms with Crippen molar-refractivity contribution in [2.24, 2.45) is 17.3 Å². The van der Waals surface area contributed by atoms with Gasteiger partial charge in [0.25, 0.3) is 0 Å². The maximum atomic E-state index is 11.8. The normalized spacial score (nSPS) is 33.5. The average Bonchev–Trinajstić information content (AvgIpc) is 2.35. The Kier molecular flexibility index (Phi) is 3.40. The Bertz CT molecular complexity index is 283. The fraction of sp³-hybridized carbons (Fsp3) is 0.846. The molecule has 0 radical (unpaired) electrons. The van der Waals surface area contributed by atoms with Gasteiger partial charge in [0, 0.05) is 5.41 Å².